The van der Waals surface area contributed by atoms with E-state index in [1.165, 1.54) is 53.4 Å². The third kappa shape index (κ3) is 4.07. The van der Waals surface area contributed by atoms with Gasteiger partial charge in [0.05, 0.1) is 5.56 Å². The zero-order valence-corrected chi connectivity index (χ0v) is 18.5. The Kier molecular flexibility index (Phi) is 5.87. The van der Waals surface area contributed by atoms with Crippen molar-refractivity contribution in [2.45, 2.75) is 31.3 Å². The average molecular weight is 462 g/mol. The van der Waals surface area contributed by atoms with Crippen LogP contribution in [-0.4, -0.2) is 25.0 Å². The van der Waals surface area contributed by atoms with Crippen molar-refractivity contribution < 1.29 is 23.1 Å². The first-order valence-electron chi connectivity index (χ1n) is 11.4. The Morgan fingerprint density at radius 3 is 2.09 bits per heavy atom. The van der Waals surface area contributed by atoms with Crippen molar-refractivity contribution >= 4 is 23.3 Å². The van der Waals surface area contributed by atoms with Gasteiger partial charge in [0.1, 0.15) is 17.2 Å². The fraction of sp³-hybridized carbons (Fsp3) is 0.259. The zero-order valence-electron chi connectivity index (χ0n) is 18.5. The lowest BCUT2D eigenvalue weighted by Gasteiger charge is -2.33. The molecule has 0 aromatic heterocycles. The maximum atomic E-state index is 13.5. The molecule has 0 aliphatic carbocycles. The van der Waals surface area contributed by atoms with Crippen molar-refractivity contribution in [1.29, 1.82) is 0 Å². The van der Waals surface area contributed by atoms with Gasteiger partial charge in [-0.3, -0.25) is 9.69 Å². The minimum absolute atomic E-state index is 0.104. The molecule has 0 bridgehead atoms. The first-order chi connectivity index (χ1) is 16.5. The van der Waals surface area contributed by atoms with Gasteiger partial charge in [0.15, 0.2) is 0 Å². The van der Waals surface area contributed by atoms with Crippen LogP contribution in [0.4, 0.5) is 20.2 Å². The molecule has 0 atom stereocenters. The number of ether oxygens (including phenoxy) is 1. The summed E-state index contributed by atoms with van der Waals surface area (Å²) < 4.78 is 32.9. The molecule has 3 aromatic carbocycles. The molecule has 1 amide bonds. The van der Waals surface area contributed by atoms with Crippen LogP contribution in [0.1, 0.15) is 40.7 Å². The number of hydrogen-bond acceptors (Lipinski definition) is 4. The van der Waals surface area contributed by atoms with Gasteiger partial charge in [0, 0.05) is 36.2 Å². The van der Waals surface area contributed by atoms with E-state index in [1.807, 2.05) is 18.2 Å². The van der Waals surface area contributed by atoms with Gasteiger partial charge in [-0.05, 0) is 73.6 Å². The lowest BCUT2D eigenvalue weighted by molar-refractivity contribution is -0.117. The Morgan fingerprint density at radius 1 is 0.912 bits per heavy atom. The highest BCUT2D eigenvalue weighted by atomic mass is 19.1. The molecule has 174 valence electrons. The minimum atomic E-state index is -0.591. The topological polar surface area (TPSA) is 58.6 Å². The van der Waals surface area contributed by atoms with E-state index >= 15 is 0 Å². The smallest absolute Gasteiger partial charge is 0.339 e. The minimum Gasteiger partial charge on any atom is -0.450 e. The van der Waals surface area contributed by atoms with E-state index in [2.05, 4.69) is 5.32 Å². The summed E-state index contributed by atoms with van der Waals surface area (Å²) in [6, 6.07) is 16.8. The van der Waals surface area contributed by atoms with Crippen molar-refractivity contribution in [3.8, 4) is 0 Å². The predicted octanol–water partition coefficient (Wildman–Crippen LogP) is 5.01. The summed E-state index contributed by atoms with van der Waals surface area (Å²) in [6.07, 6.45) is 1.88. The molecule has 34 heavy (non-hydrogen) atoms. The number of esters is 1. The Labute approximate surface area is 196 Å². The number of hydrogen-bond donors (Lipinski definition) is 1. The van der Waals surface area contributed by atoms with Crippen molar-refractivity contribution in [2.75, 3.05) is 18.0 Å². The maximum absolute atomic E-state index is 13.5. The van der Waals surface area contributed by atoms with E-state index in [4.69, 9.17) is 4.74 Å². The lowest BCUT2D eigenvalue weighted by Crippen LogP contribution is -2.39. The van der Waals surface area contributed by atoms with Gasteiger partial charge < -0.3 is 10.1 Å². The largest absolute Gasteiger partial charge is 0.450 e. The molecule has 2 aliphatic heterocycles. The molecular formula is C27H24F2N2O3. The van der Waals surface area contributed by atoms with Crippen LogP contribution in [-0.2, 0) is 21.6 Å². The van der Waals surface area contributed by atoms with Gasteiger partial charge in [-0.2, -0.15) is 0 Å². The number of carbonyl (C=O) groups is 2. The fourth-order valence-electron chi connectivity index (χ4n) is 4.89. The van der Waals surface area contributed by atoms with Crippen molar-refractivity contribution in [3.63, 3.8) is 0 Å². The van der Waals surface area contributed by atoms with Gasteiger partial charge in [-0.25, -0.2) is 13.6 Å². The molecular weight excluding hydrogens is 438 g/mol. The Balaban J connectivity index is 1.42. The first kappa shape index (κ1) is 22.2. The molecule has 3 aromatic rings. The Bertz CT molecular complexity index is 1170. The highest BCUT2D eigenvalue weighted by Crippen LogP contribution is 2.44. The number of carbonyl (C=O) groups excluding carboxylic acids is 2. The fourth-order valence-corrected chi connectivity index (χ4v) is 4.89. The van der Waals surface area contributed by atoms with Gasteiger partial charge in [-0.1, -0.05) is 18.2 Å². The number of amides is 1. The van der Waals surface area contributed by atoms with Crippen molar-refractivity contribution in [3.05, 3.63) is 95.1 Å². The molecule has 0 radical (unpaired) electrons. The summed E-state index contributed by atoms with van der Waals surface area (Å²) in [5, 5.41) is 3.30. The monoisotopic (exact) mass is 462 g/mol. The van der Waals surface area contributed by atoms with Crippen LogP contribution in [0, 0.1) is 11.6 Å². The number of halogens is 2. The SMILES string of the molecule is O=C1OC2(CCNCC2)c2cccc(CCC(=O)N(c3ccc(F)cc3)c3ccc(F)cc3)c21. The number of benzene rings is 3. The van der Waals surface area contributed by atoms with Crippen LogP contribution >= 0.6 is 0 Å². The zero-order chi connectivity index (χ0) is 23.7. The van der Waals surface area contributed by atoms with Gasteiger partial charge >= 0.3 is 5.97 Å². The highest BCUT2D eigenvalue weighted by Gasteiger charge is 2.46. The summed E-state index contributed by atoms with van der Waals surface area (Å²) >= 11 is 0. The molecule has 1 spiro atoms. The Morgan fingerprint density at radius 2 is 1.50 bits per heavy atom. The molecule has 2 heterocycles. The van der Waals surface area contributed by atoms with Crippen LogP contribution in [0.3, 0.4) is 0 Å². The van der Waals surface area contributed by atoms with E-state index in [0.717, 1.165) is 37.1 Å². The number of rotatable bonds is 5. The van der Waals surface area contributed by atoms with Crippen molar-refractivity contribution in [2.24, 2.45) is 0 Å². The number of piperidine rings is 1. The van der Waals surface area contributed by atoms with Crippen LogP contribution in [0.15, 0.2) is 66.7 Å². The third-order valence-corrected chi connectivity index (χ3v) is 6.57. The van der Waals surface area contributed by atoms with Gasteiger partial charge in [0.2, 0.25) is 5.91 Å². The van der Waals surface area contributed by atoms with E-state index in [-0.39, 0.29) is 18.3 Å². The third-order valence-electron chi connectivity index (χ3n) is 6.57. The summed E-state index contributed by atoms with van der Waals surface area (Å²) in [6.45, 7) is 1.56. The molecule has 1 saturated heterocycles. The summed E-state index contributed by atoms with van der Waals surface area (Å²) in [5.41, 5.74) is 2.59. The van der Waals surface area contributed by atoms with E-state index in [0.29, 0.717) is 23.4 Å². The molecule has 5 rings (SSSR count). The molecule has 7 heteroatoms. The van der Waals surface area contributed by atoms with E-state index < -0.39 is 17.2 Å². The van der Waals surface area contributed by atoms with Crippen LogP contribution < -0.4 is 10.2 Å². The van der Waals surface area contributed by atoms with E-state index in [9.17, 15) is 18.4 Å². The first-order valence-corrected chi connectivity index (χ1v) is 11.4. The number of aryl methyl sites for hydroxylation is 1. The molecule has 5 nitrogen and oxygen atoms in total. The standard InChI is InChI=1S/C27H24F2N2O3/c28-19-5-9-21(10-6-19)31(22-11-7-20(29)8-12-22)24(32)13-4-18-2-1-3-23-25(18)26(33)34-27(23)14-16-30-17-15-27/h1-3,5-12,30H,4,13-17H2. The quantitative estimate of drug-likeness (QED) is 0.542. The number of nitrogens with zero attached hydrogens (tertiary/aromatic N) is 1. The molecule has 1 fully saturated rings. The second-order valence-electron chi connectivity index (χ2n) is 8.66. The van der Waals surface area contributed by atoms with E-state index in [1.54, 1.807) is 0 Å². The predicted molar refractivity (Wildman–Crippen MR) is 124 cm³/mol. The van der Waals surface area contributed by atoms with Crippen LogP contribution in [0.2, 0.25) is 0 Å². The number of nitrogens with one attached hydrogen (secondary N) is 1. The molecule has 2 aliphatic rings. The van der Waals surface area contributed by atoms with Gasteiger partial charge in [0.25, 0.3) is 0 Å². The summed E-state index contributed by atoms with van der Waals surface area (Å²) in [5.74, 6) is -1.42. The van der Waals surface area contributed by atoms with Crippen LogP contribution in [0.5, 0.6) is 0 Å². The van der Waals surface area contributed by atoms with Crippen LogP contribution in [0.25, 0.3) is 0 Å². The second kappa shape index (κ2) is 8.99. The number of anilines is 2. The van der Waals surface area contributed by atoms with Gasteiger partial charge in [-0.15, -0.1) is 0 Å². The molecule has 0 saturated carbocycles. The number of fused-ring (bicyclic) bond motifs is 2. The normalized spacial score (nSPS) is 16.2. The highest BCUT2D eigenvalue weighted by molar-refractivity contribution is 6.01. The summed E-state index contributed by atoms with van der Waals surface area (Å²) in [7, 11) is 0. The Hall–Kier alpha value is -3.58. The summed E-state index contributed by atoms with van der Waals surface area (Å²) in [4.78, 5) is 27.7. The lowest BCUT2D eigenvalue weighted by atomic mass is 9.83. The average Bonchev–Trinajstić information content (AvgIpc) is 3.12. The van der Waals surface area contributed by atoms with Crippen molar-refractivity contribution in [1.82, 2.24) is 5.32 Å². The molecule has 1 N–H and O–H groups in total. The second-order valence-corrected chi connectivity index (χ2v) is 8.66. The maximum Gasteiger partial charge on any atom is 0.339 e. The molecule has 0 unspecified atom stereocenters.